The topological polar surface area (TPSA) is 27.7 Å². The van der Waals surface area contributed by atoms with Crippen molar-refractivity contribution < 1.29 is 23.0 Å². The summed E-state index contributed by atoms with van der Waals surface area (Å²) in [5, 5.41) is 0. The summed E-state index contributed by atoms with van der Waals surface area (Å²) >= 11 is 0. The maximum absolute atomic E-state index is 14.8. The molecule has 0 bridgehead atoms. The predicted octanol–water partition coefficient (Wildman–Crippen LogP) is 9.00. The van der Waals surface area contributed by atoms with E-state index in [0.717, 1.165) is 31.2 Å². The molecule has 0 amide bonds. The highest BCUT2D eigenvalue weighted by Gasteiger charge is 2.23. The molecule has 0 spiro atoms. The summed E-state index contributed by atoms with van der Waals surface area (Å²) in [7, 11) is 0. The van der Waals surface area contributed by atoms with Crippen molar-refractivity contribution in [1.82, 2.24) is 0 Å². The molecule has 1 aliphatic rings. The fourth-order valence-electron chi connectivity index (χ4n) is 4.51. The van der Waals surface area contributed by atoms with E-state index in [-0.39, 0.29) is 11.3 Å². The summed E-state index contributed by atoms with van der Waals surface area (Å²) in [5.41, 5.74) is 1.72. The van der Waals surface area contributed by atoms with Crippen molar-refractivity contribution in [2.45, 2.75) is 90.8 Å². The van der Waals surface area contributed by atoms with Gasteiger partial charge in [0.2, 0.25) is 5.82 Å². The SMILES string of the molecule is CCCCCCCCOc1ccc(-c2ccc(C3OCC(CCCCCC)CO3)cc2)c(F)c1F. The molecule has 3 rings (SSSR count). The van der Waals surface area contributed by atoms with E-state index in [1.54, 1.807) is 18.2 Å². The van der Waals surface area contributed by atoms with E-state index in [1.165, 1.54) is 51.0 Å². The predicted molar refractivity (Wildman–Crippen MR) is 138 cm³/mol. The lowest BCUT2D eigenvalue weighted by atomic mass is 10.0. The van der Waals surface area contributed by atoms with Gasteiger partial charge in [0.25, 0.3) is 0 Å². The Kier molecular flexibility index (Phi) is 12.0. The molecule has 1 saturated heterocycles. The van der Waals surface area contributed by atoms with Crippen molar-refractivity contribution in [2.24, 2.45) is 5.92 Å². The highest BCUT2D eigenvalue weighted by atomic mass is 19.2. The van der Waals surface area contributed by atoms with Crippen molar-refractivity contribution in [2.75, 3.05) is 19.8 Å². The van der Waals surface area contributed by atoms with Gasteiger partial charge in [-0.3, -0.25) is 0 Å². The number of ether oxygens (including phenoxy) is 3. The van der Waals surface area contributed by atoms with Crippen LogP contribution in [0.2, 0.25) is 0 Å². The fourth-order valence-corrected chi connectivity index (χ4v) is 4.51. The number of hydrogen-bond acceptors (Lipinski definition) is 3. The first-order chi connectivity index (χ1) is 17.1. The smallest absolute Gasteiger partial charge is 0.201 e. The van der Waals surface area contributed by atoms with Gasteiger partial charge in [0.05, 0.1) is 19.8 Å². The Bertz CT molecular complexity index is 861. The van der Waals surface area contributed by atoms with E-state index in [0.29, 0.717) is 31.3 Å². The zero-order chi connectivity index (χ0) is 24.9. The van der Waals surface area contributed by atoms with Crippen LogP contribution in [0.15, 0.2) is 36.4 Å². The first-order valence-corrected chi connectivity index (χ1v) is 13.6. The van der Waals surface area contributed by atoms with Gasteiger partial charge in [0, 0.05) is 17.0 Å². The Morgan fingerprint density at radius 1 is 0.743 bits per heavy atom. The Hall–Kier alpha value is -1.98. The molecule has 1 fully saturated rings. The minimum absolute atomic E-state index is 0.0234. The molecule has 2 aromatic rings. The van der Waals surface area contributed by atoms with Gasteiger partial charge in [-0.1, -0.05) is 95.9 Å². The fraction of sp³-hybridized carbons (Fsp3) is 0.600. The molecular formula is C30H42F2O3. The van der Waals surface area contributed by atoms with Crippen LogP contribution in [-0.2, 0) is 9.47 Å². The number of hydrogen-bond donors (Lipinski definition) is 0. The maximum Gasteiger partial charge on any atom is 0.201 e. The largest absolute Gasteiger partial charge is 0.490 e. The highest BCUT2D eigenvalue weighted by Crippen LogP contribution is 2.32. The molecule has 3 nitrogen and oxygen atoms in total. The molecule has 0 N–H and O–H groups in total. The number of halogens is 2. The average molecular weight is 489 g/mol. The third-order valence-corrected chi connectivity index (χ3v) is 6.73. The summed E-state index contributed by atoms with van der Waals surface area (Å²) in [4.78, 5) is 0. The molecule has 0 saturated carbocycles. The summed E-state index contributed by atoms with van der Waals surface area (Å²) in [6.45, 7) is 6.19. The summed E-state index contributed by atoms with van der Waals surface area (Å²) < 4.78 is 46.8. The second-order valence-corrected chi connectivity index (χ2v) is 9.69. The van der Waals surface area contributed by atoms with Crippen LogP contribution in [-0.4, -0.2) is 19.8 Å². The van der Waals surface area contributed by atoms with Crippen LogP contribution in [0, 0.1) is 17.6 Å². The average Bonchev–Trinajstić information content (AvgIpc) is 2.89. The van der Waals surface area contributed by atoms with Crippen LogP contribution in [0.4, 0.5) is 8.78 Å². The van der Waals surface area contributed by atoms with Gasteiger partial charge in [-0.25, -0.2) is 4.39 Å². The molecule has 1 heterocycles. The lowest BCUT2D eigenvalue weighted by Gasteiger charge is -2.29. The molecule has 194 valence electrons. The van der Waals surface area contributed by atoms with Crippen molar-refractivity contribution in [3.05, 3.63) is 53.6 Å². The number of benzene rings is 2. The third kappa shape index (κ3) is 8.57. The van der Waals surface area contributed by atoms with E-state index in [9.17, 15) is 8.78 Å². The molecule has 0 aromatic heterocycles. The molecule has 0 aliphatic carbocycles. The second kappa shape index (κ2) is 15.2. The number of unbranched alkanes of at least 4 members (excludes halogenated alkanes) is 8. The van der Waals surface area contributed by atoms with E-state index in [1.807, 2.05) is 12.1 Å². The molecule has 5 heteroatoms. The van der Waals surface area contributed by atoms with E-state index in [2.05, 4.69) is 13.8 Å². The van der Waals surface area contributed by atoms with Crippen LogP contribution in [0.3, 0.4) is 0 Å². The second-order valence-electron chi connectivity index (χ2n) is 9.69. The minimum atomic E-state index is -0.929. The summed E-state index contributed by atoms with van der Waals surface area (Å²) in [6.07, 6.45) is 12.4. The quantitative estimate of drug-likeness (QED) is 0.234. The van der Waals surface area contributed by atoms with Gasteiger partial charge in [-0.15, -0.1) is 0 Å². The first kappa shape index (κ1) is 27.6. The maximum atomic E-state index is 14.8. The van der Waals surface area contributed by atoms with Crippen molar-refractivity contribution in [1.29, 1.82) is 0 Å². The molecule has 2 aromatic carbocycles. The van der Waals surface area contributed by atoms with Gasteiger partial charge in [0.15, 0.2) is 17.9 Å². The molecular weight excluding hydrogens is 446 g/mol. The van der Waals surface area contributed by atoms with Crippen LogP contribution in [0.25, 0.3) is 11.1 Å². The monoisotopic (exact) mass is 488 g/mol. The Balaban J connectivity index is 1.49. The van der Waals surface area contributed by atoms with Gasteiger partial charge < -0.3 is 14.2 Å². The van der Waals surface area contributed by atoms with Crippen LogP contribution >= 0.6 is 0 Å². The van der Waals surface area contributed by atoms with Crippen LogP contribution in [0.1, 0.15) is 96.3 Å². The molecule has 0 radical (unpaired) electrons. The van der Waals surface area contributed by atoms with Gasteiger partial charge in [-0.05, 0) is 30.5 Å². The van der Waals surface area contributed by atoms with Gasteiger partial charge >= 0.3 is 0 Å². The Labute approximate surface area is 210 Å². The molecule has 0 unspecified atom stereocenters. The minimum Gasteiger partial charge on any atom is -0.490 e. The van der Waals surface area contributed by atoms with E-state index >= 15 is 0 Å². The Morgan fingerprint density at radius 2 is 1.37 bits per heavy atom. The number of rotatable bonds is 15. The lowest BCUT2D eigenvalue weighted by Crippen LogP contribution is -2.27. The van der Waals surface area contributed by atoms with Gasteiger partial charge in [0.1, 0.15) is 0 Å². The van der Waals surface area contributed by atoms with Crippen molar-refractivity contribution in [3.63, 3.8) is 0 Å². The van der Waals surface area contributed by atoms with E-state index in [4.69, 9.17) is 14.2 Å². The third-order valence-electron chi connectivity index (χ3n) is 6.73. The lowest BCUT2D eigenvalue weighted by molar-refractivity contribution is -0.206. The standard InChI is InChI=1S/C30H42F2O3/c1-3-5-7-9-10-12-20-33-27-19-18-26(28(31)29(27)32)24-14-16-25(17-15-24)30-34-21-23(22-35-30)13-11-8-6-4-2/h14-19,23,30H,3-13,20-22H2,1-2H3. The summed E-state index contributed by atoms with van der Waals surface area (Å²) in [6, 6.07) is 10.4. The normalized spacial score (nSPS) is 18.1. The molecule has 1 aliphatic heterocycles. The zero-order valence-corrected chi connectivity index (χ0v) is 21.5. The Morgan fingerprint density at radius 3 is 2.06 bits per heavy atom. The van der Waals surface area contributed by atoms with Gasteiger partial charge in [-0.2, -0.15) is 4.39 Å². The van der Waals surface area contributed by atoms with Crippen LogP contribution < -0.4 is 4.74 Å². The van der Waals surface area contributed by atoms with Crippen molar-refractivity contribution >= 4 is 0 Å². The molecule has 0 atom stereocenters. The first-order valence-electron chi connectivity index (χ1n) is 13.6. The van der Waals surface area contributed by atoms with E-state index < -0.39 is 17.9 Å². The zero-order valence-electron chi connectivity index (χ0n) is 21.5. The highest BCUT2D eigenvalue weighted by molar-refractivity contribution is 5.65. The van der Waals surface area contributed by atoms with Crippen LogP contribution in [0.5, 0.6) is 5.75 Å². The summed E-state index contributed by atoms with van der Waals surface area (Å²) in [5.74, 6) is -1.39. The molecule has 35 heavy (non-hydrogen) atoms. The van der Waals surface area contributed by atoms with Crippen molar-refractivity contribution in [3.8, 4) is 16.9 Å².